The van der Waals surface area contributed by atoms with Crippen molar-refractivity contribution < 1.29 is 0 Å². The van der Waals surface area contributed by atoms with E-state index in [9.17, 15) is 4.79 Å². The molecule has 8 heteroatoms. The van der Waals surface area contributed by atoms with Gasteiger partial charge >= 0.3 is 0 Å². The molecule has 3 heterocycles. The lowest BCUT2D eigenvalue weighted by Crippen LogP contribution is -2.25. The van der Waals surface area contributed by atoms with Gasteiger partial charge in [-0.25, -0.2) is 4.98 Å². The third-order valence-corrected chi connectivity index (χ3v) is 4.83. The Bertz CT molecular complexity index is 1130. The van der Waals surface area contributed by atoms with Crippen molar-refractivity contribution in [2.24, 2.45) is 7.05 Å². The van der Waals surface area contributed by atoms with Crippen molar-refractivity contribution in [3.63, 3.8) is 0 Å². The lowest BCUT2D eigenvalue weighted by molar-refractivity contribution is 0.242. The minimum absolute atomic E-state index is 0.0718. The van der Waals surface area contributed by atoms with Crippen LogP contribution >= 0.6 is 0 Å². The molecule has 8 nitrogen and oxygen atoms in total. The van der Waals surface area contributed by atoms with Gasteiger partial charge in [0, 0.05) is 18.7 Å². The molecular weight excluding hydrogens is 342 g/mol. The number of nitrogens with zero attached hydrogens (tertiary/aromatic N) is 5. The first-order chi connectivity index (χ1) is 13.0. The van der Waals surface area contributed by atoms with Crippen molar-refractivity contribution in [2.75, 3.05) is 7.05 Å². The highest BCUT2D eigenvalue weighted by Crippen LogP contribution is 2.23. The molecule has 1 atom stereocenters. The molecule has 0 bridgehead atoms. The average Bonchev–Trinajstić information content (AvgIpc) is 3.30. The van der Waals surface area contributed by atoms with Gasteiger partial charge in [-0.1, -0.05) is 30.3 Å². The van der Waals surface area contributed by atoms with Crippen LogP contribution < -0.4 is 5.56 Å². The number of aromatic amines is 2. The third kappa shape index (κ3) is 3.26. The maximum Gasteiger partial charge on any atom is 0.262 e. The summed E-state index contributed by atoms with van der Waals surface area (Å²) < 4.78 is 1.61. The third-order valence-electron chi connectivity index (χ3n) is 4.83. The number of rotatable bonds is 5. The molecule has 4 aromatic rings. The minimum Gasteiger partial charge on any atom is -0.309 e. The second kappa shape index (κ2) is 6.81. The Labute approximate surface area is 155 Å². The fraction of sp³-hybridized carbons (Fsp3) is 0.263. The van der Waals surface area contributed by atoms with E-state index in [1.807, 2.05) is 37.4 Å². The van der Waals surface area contributed by atoms with Crippen molar-refractivity contribution in [2.45, 2.75) is 19.5 Å². The number of nitrogens with one attached hydrogen (secondary N) is 2. The number of aryl methyl sites for hydroxylation is 1. The summed E-state index contributed by atoms with van der Waals surface area (Å²) in [5.74, 6) is 0.605. The Hall–Kier alpha value is -3.26. The Balaban J connectivity index is 1.55. The molecule has 0 saturated carbocycles. The smallest absolute Gasteiger partial charge is 0.262 e. The Morgan fingerprint density at radius 2 is 2.04 bits per heavy atom. The summed E-state index contributed by atoms with van der Waals surface area (Å²) in [7, 11) is 3.77. The number of benzene rings is 1. The molecule has 4 rings (SSSR count). The molecule has 0 radical (unpaired) electrons. The van der Waals surface area contributed by atoms with E-state index in [2.05, 4.69) is 43.2 Å². The Kier molecular flexibility index (Phi) is 4.33. The lowest BCUT2D eigenvalue weighted by atomic mass is 10.1. The van der Waals surface area contributed by atoms with Gasteiger partial charge in [0.25, 0.3) is 5.56 Å². The van der Waals surface area contributed by atoms with Gasteiger partial charge in [0.2, 0.25) is 0 Å². The Morgan fingerprint density at radius 3 is 2.81 bits per heavy atom. The molecule has 0 aliphatic carbocycles. The summed E-state index contributed by atoms with van der Waals surface area (Å²) in [5.41, 5.74) is 3.40. The number of hydrogen-bond donors (Lipinski definition) is 2. The van der Waals surface area contributed by atoms with Gasteiger partial charge in [0.15, 0.2) is 5.65 Å². The second-order valence-corrected chi connectivity index (χ2v) is 6.68. The maximum absolute atomic E-state index is 12.2. The zero-order chi connectivity index (χ0) is 19.0. The van der Waals surface area contributed by atoms with Crippen LogP contribution in [0.2, 0.25) is 0 Å². The number of H-pyrrole nitrogens is 2. The number of hydrogen-bond acceptors (Lipinski definition) is 5. The predicted octanol–water partition coefficient (Wildman–Crippen LogP) is 2.24. The highest BCUT2D eigenvalue weighted by Gasteiger charge is 2.17. The summed E-state index contributed by atoms with van der Waals surface area (Å²) in [5, 5.41) is 12.1. The van der Waals surface area contributed by atoms with Gasteiger partial charge in [-0.15, -0.1) is 0 Å². The van der Waals surface area contributed by atoms with E-state index in [4.69, 9.17) is 0 Å². The molecular formula is C19H21N7O. The van der Waals surface area contributed by atoms with Crippen LogP contribution in [0.3, 0.4) is 0 Å². The van der Waals surface area contributed by atoms with Crippen LogP contribution in [0.25, 0.3) is 22.3 Å². The molecule has 0 fully saturated rings. The van der Waals surface area contributed by atoms with Gasteiger partial charge < -0.3 is 4.98 Å². The first-order valence-corrected chi connectivity index (χ1v) is 8.75. The van der Waals surface area contributed by atoms with E-state index >= 15 is 0 Å². The van der Waals surface area contributed by atoms with E-state index in [1.165, 1.54) is 6.20 Å². The van der Waals surface area contributed by atoms with Crippen LogP contribution in [0.5, 0.6) is 0 Å². The topological polar surface area (TPSA) is 95.5 Å². The fourth-order valence-electron chi connectivity index (χ4n) is 3.07. The van der Waals surface area contributed by atoms with Crippen molar-refractivity contribution in [3.8, 4) is 11.3 Å². The van der Waals surface area contributed by atoms with E-state index in [0.717, 1.165) is 17.0 Å². The monoisotopic (exact) mass is 363 g/mol. The van der Waals surface area contributed by atoms with Gasteiger partial charge in [0.1, 0.15) is 11.2 Å². The molecule has 0 aliphatic heterocycles. The van der Waals surface area contributed by atoms with Crippen molar-refractivity contribution in [1.82, 2.24) is 34.8 Å². The molecule has 1 aromatic carbocycles. The van der Waals surface area contributed by atoms with Gasteiger partial charge in [-0.3, -0.25) is 19.5 Å². The van der Waals surface area contributed by atoms with E-state index < -0.39 is 0 Å². The average molecular weight is 363 g/mol. The molecule has 0 amide bonds. The van der Waals surface area contributed by atoms with E-state index in [-0.39, 0.29) is 11.6 Å². The van der Waals surface area contributed by atoms with Crippen molar-refractivity contribution in [3.05, 3.63) is 64.5 Å². The molecule has 0 unspecified atom stereocenters. The predicted molar refractivity (Wildman–Crippen MR) is 103 cm³/mol. The van der Waals surface area contributed by atoms with Crippen LogP contribution in [-0.4, -0.2) is 41.9 Å². The van der Waals surface area contributed by atoms with Crippen LogP contribution in [0, 0.1) is 0 Å². The van der Waals surface area contributed by atoms with Crippen LogP contribution in [0.1, 0.15) is 24.5 Å². The van der Waals surface area contributed by atoms with Crippen molar-refractivity contribution in [1.29, 1.82) is 0 Å². The highest BCUT2D eigenvalue weighted by atomic mass is 16.1. The van der Waals surface area contributed by atoms with Crippen LogP contribution in [-0.2, 0) is 13.6 Å². The molecule has 0 saturated heterocycles. The minimum atomic E-state index is -0.169. The molecule has 138 valence electrons. The summed E-state index contributed by atoms with van der Waals surface area (Å²) in [4.78, 5) is 21.7. The quantitative estimate of drug-likeness (QED) is 0.567. The SMILES string of the molecule is C[C@@H](c1cc(-c2ccccc2)n[nH]1)N(C)Cc1nc2c(cnn2C)c(=O)[nH]1. The number of fused-ring (bicyclic) bond motifs is 1. The zero-order valence-corrected chi connectivity index (χ0v) is 15.5. The van der Waals surface area contributed by atoms with Crippen LogP contribution in [0.4, 0.5) is 0 Å². The maximum atomic E-state index is 12.2. The summed E-state index contributed by atoms with van der Waals surface area (Å²) in [6, 6.07) is 12.2. The van der Waals surface area contributed by atoms with Crippen LogP contribution in [0.15, 0.2) is 47.4 Å². The molecule has 2 N–H and O–H groups in total. The Morgan fingerprint density at radius 1 is 1.26 bits per heavy atom. The summed E-state index contributed by atoms with van der Waals surface area (Å²) in [6.45, 7) is 2.58. The number of aromatic nitrogens is 6. The van der Waals surface area contributed by atoms with Gasteiger partial charge in [-0.05, 0) is 20.0 Å². The summed E-state index contributed by atoms with van der Waals surface area (Å²) in [6.07, 6.45) is 1.53. The molecule has 0 aliphatic rings. The lowest BCUT2D eigenvalue weighted by Gasteiger charge is -2.22. The van der Waals surface area contributed by atoms with Gasteiger partial charge in [0.05, 0.1) is 24.1 Å². The fourth-order valence-corrected chi connectivity index (χ4v) is 3.07. The first-order valence-electron chi connectivity index (χ1n) is 8.75. The van der Waals surface area contributed by atoms with E-state index in [0.29, 0.717) is 23.4 Å². The van der Waals surface area contributed by atoms with Crippen molar-refractivity contribution >= 4 is 11.0 Å². The first kappa shape index (κ1) is 17.2. The summed E-state index contributed by atoms with van der Waals surface area (Å²) >= 11 is 0. The largest absolute Gasteiger partial charge is 0.309 e. The molecule has 0 spiro atoms. The highest BCUT2D eigenvalue weighted by molar-refractivity contribution is 5.72. The molecule has 27 heavy (non-hydrogen) atoms. The normalized spacial score (nSPS) is 12.7. The standard InChI is InChI=1S/C19H21N7O/c1-12(15-9-16(24-23-15)13-7-5-4-6-8-13)25(2)11-17-21-18-14(19(27)22-17)10-20-26(18)3/h4-10,12H,11H2,1-3H3,(H,23,24)(H,21,22,27)/t12-/m0/s1. The van der Waals surface area contributed by atoms with E-state index in [1.54, 1.807) is 11.7 Å². The molecule has 3 aromatic heterocycles. The second-order valence-electron chi connectivity index (χ2n) is 6.68. The zero-order valence-electron chi connectivity index (χ0n) is 15.5. The van der Waals surface area contributed by atoms with Gasteiger partial charge in [-0.2, -0.15) is 10.2 Å².